The van der Waals surface area contributed by atoms with Gasteiger partial charge in [0.1, 0.15) is 6.61 Å². The SMILES string of the molecule is CC(NC(=O)OCc1ccccc1)(C(=O)O)c1ccc(C(F)(F)F)cc1. The van der Waals surface area contributed by atoms with E-state index in [0.29, 0.717) is 5.56 Å². The number of carboxylic acids is 1. The zero-order chi connectivity index (χ0) is 19.4. The highest BCUT2D eigenvalue weighted by atomic mass is 19.4. The molecule has 0 saturated carbocycles. The van der Waals surface area contributed by atoms with E-state index in [1.54, 1.807) is 30.3 Å². The Labute approximate surface area is 147 Å². The van der Waals surface area contributed by atoms with Crippen LogP contribution in [0.1, 0.15) is 23.6 Å². The topological polar surface area (TPSA) is 75.6 Å². The fourth-order valence-electron chi connectivity index (χ4n) is 2.20. The number of rotatable bonds is 5. The Hall–Kier alpha value is -3.03. The van der Waals surface area contributed by atoms with E-state index in [0.717, 1.165) is 24.3 Å². The highest BCUT2D eigenvalue weighted by Crippen LogP contribution is 2.31. The zero-order valence-electron chi connectivity index (χ0n) is 13.7. The minimum Gasteiger partial charge on any atom is -0.479 e. The van der Waals surface area contributed by atoms with Crippen molar-refractivity contribution < 1.29 is 32.6 Å². The zero-order valence-corrected chi connectivity index (χ0v) is 13.7. The number of nitrogens with one attached hydrogen (secondary N) is 1. The van der Waals surface area contributed by atoms with E-state index in [2.05, 4.69) is 5.32 Å². The molecule has 1 atom stereocenters. The van der Waals surface area contributed by atoms with Crippen LogP contribution in [-0.4, -0.2) is 17.2 Å². The number of aliphatic carboxylic acids is 1. The third kappa shape index (κ3) is 4.53. The number of hydrogen-bond donors (Lipinski definition) is 2. The normalized spacial score (nSPS) is 13.5. The van der Waals surface area contributed by atoms with Gasteiger partial charge in [0.25, 0.3) is 0 Å². The van der Waals surface area contributed by atoms with Gasteiger partial charge in [-0.2, -0.15) is 13.2 Å². The summed E-state index contributed by atoms with van der Waals surface area (Å²) in [4.78, 5) is 23.6. The van der Waals surface area contributed by atoms with Crippen LogP contribution in [0, 0.1) is 0 Å². The second-order valence-corrected chi connectivity index (χ2v) is 5.69. The van der Waals surface area contributed by atoms with E-state index in [9.17, 15) is 27.9 Å². The Morgan fingerprint density at radius 1 is 1.00 bits per heavy atom. The quantitative estimate of drug-likeness (QED) is 0.840. The number of carbonyl (C=O) groups is 2. The molecule has 0 spiro atoms. The molecule has 0 radical (unpaired) electrons. The number of benzene rings is 2. The maximum atomic E-state index is 12.6. The molecule has 138 valence electrons. The average Bonchev–Trinajstić information content (AvgIpc) is 2.60. The van der Waals surface area contributed by atoms with Gasteiger partial charge in [0, 0.05) is 0 Å². The lowest BCUT2D eigenvalue weighted by Crippen LogP contribution is -2.49. The molecule has 2 aromatic carbocycles. The van der Waals surface area contributed by atoms with Crippen molar-refractivity contribution in [3.8, 4) is 0 Å². The number of alkyl carbamates (subject to hydrolysis) is 1. The molecule has 26 heavy (non-hydrogen) atoms. The van der Waals surface area contributed by atoms with Crippen LogP contribution in [0.25, 0.3) is 0 Å². The number of carbonyl (C=O) groups excluding carboxylic acids is 1. The van der Waals surface area contributed by atoms with E-state index in [4.69, 9.17) is 4.74 Å². The third-order valence-corrected chi connectivity index (χ3v) is 3.78. The van der Waals surface area contributed by atoms with Crippen molar-refractivity contribution in [2.75, 3.05) is 0 Å². The van der Waals surface area contributed by atoms with Gasteiger partial charge in [-0.25, -0.2) is 9.59 Å². The van der Waals surface area contributed by atoms with Crippen molar-refractivity contribution in [2.24, 2.45) is 0 Å². The molecule has 0 saturated heterocycles. The summed E-state index contributed by atoms with van der Waals surface area (Å²) in [6, 6.07) is 12.3. The number of ether oxygens (including phenoxy) is 1. The first-order valence-corrected chi connectivity index (χ1v) is 7.53. The molecule has 5 nitrogen and oxygen atoms in total. The Balaban J connectivity index is 2.13. The predicted octanol–water partition coefficient (Wildman–Crippen LogP) is 3.93. The molecule has 8 heteroatoms. The second-order valence-electron chi connectivity index (χ2n) is 5.69. The molecule has 0 aliphatic heterocycles. The van der Waals surface area contributed by atoms with Gasteiger partial charge in [0.2, 0.25) is 0 Å². The van der Waals surface area contributed by atoms with Crippen molar-refractivity contribution in [3.05, 3.63) is 71.3 Å². The van der Waals surface area contributed by atoms with Gasteiger partial charge in [0.15, 0.2) is 5.54 Å². The van der Waals surface area contributed by atoms with Crippen molar-refractivity contribution in [2.45, 2.75) is 25.2 Å². The lowest BCUT2D eigenvalue weighted by Gasteiger charge is -2.26. The van der Waals surface area contributed by atoms with Crippen LogP contribution in [0.3, 0.4) is 0 Å². The predicted molar refractivity (Wildman–Crippen MR) is 86.2 cm³/mol. The van der Waals surface area contributed by atoms with Crippen LogP contribution in [0.15, 0.2) is 54.6 Å². The number of alkyl halides is 3. The van der Waals surface area contributed by atoms with Crippen LogP contribution in [-0.2, 0) is 27.9 Å². The molecule has 1 unspecified atom stereocenters. The van der Waals surface area contributed by atoms with E-state index in [1.165, 1.54) is 6.92 Å². The molecule has 0 aliphatic rings. The smallest absolute Gasteiger partial charge is 0.416 e. The molecule has 2 N–H and O–H groups in total. The Morgan fingerprint density at radius 2 is 1.54 bits per heavy atom. The summed E-state index contributed by atoms with van der Waals surface area (Å²) >= 11 is 0. The molecule has 0 bridgehead atoms. The fourth-order valence-corrected chi connectivity index (χ4v) is 2.20. The second kappa shape index (κ2) is 7.47. The molecule has 0 aliphatic carbocycles. The van der Waals surface area contributed by atoms with Crippen LogP contribution >= 0.6 is 0 Å². The highest BCUT2D eigenvalue weighted by molar-refractivity contribution is 5.85. The average molecular weight is 367 g/mol. The van der Waals surface area contributed by atoms with E-state index < -0.39 is 29.3 Å². The van der Waals surface area contributed by atoms with Gasteiger partial charge >= 0.3 is 18.2 Å². The monoisotopic (exact) mass is 367 g/mol. The van der Waals surface area contributed by atoms with Crippen LogP contribution in [0.2, 0.25) is 0 Å². The number of amides is 1. The van der Waals surface area contributed by atoms with E-state index in [1.807, 2.05) is 0 Å². The summed E-state index contributed by atoms with van der Waals surface area (Å²) in [7, 11) is 0. The molecular formula is C18H16F3NO4. The van der Waals surface area contributed by atoms with E-state index in [-0.39, 0.29) is 12.2 Å². The molecule has 2 aromatic rings. The van der Waals surface area contributed by atoms with E-state index >= 15 is 0 Å². The Morgan fingerprint density at radius 3 is 2.04 bits per heavy atom. The summed E-state index contributed by atoms with van der Waals surface area (Å²) in [5.74, 6) is -1.44. The molecule has 0 aromatic heterocycles. The molecule has 0 heterocycles. The minimum atomic E-state index is -4.54. The van der Waals surface area contributed by atoms with Gasteiger partial charge < -0.3 is 15.2 Å². The summed E-state index contributed by atoms with van der Waals surface area (Å²) in [6.07, 6.45) is -5.54. The molecule has 2 rings (SSSR count). The Kier molecular flexibility index (Phi) is 5.54. The minimum absolute atomic E-state index is 0.0188. The first kappa shape index (κ1) is 19.3. The number of carboxylic acid groups (broad SMARTS) is 1. The first-order valence-electron chi connectivity index (χ1n) is 7.53. The van der Waals surface area contributed by atoms with Gasteiger partial charge in [-0.1, -0.05) is 42.5 Å². The summed E-state index contributed by atoms with van der Waals surface area (Å²) in [6.45, 7) is 1.09. The largest absolute Gasteiger partial charge is 0.479 e. The lowest BCUT2D eigenvalue weighted by molar-refractivity contribution is -0.144. The maximum Gasteiger partial charge on any atom is 0.416 e. The standard InChI is InChI=1S/C18H16F3NO4/c1-17(15(23)24,13-7-9-14(10-8-13)18(19,20)21)22-16(25)26-11-12-5-3-2-4-6-12/h2-10H,11H2,1H3,(H,22,25)(H,23,24). The van der Waals surface area contributed by atoms with Crippen LogP contribution < -0.4 is 5.32 Å². The third-order valence-electron chi connectivity index (χ3n) is 3.78. The molecular weight excluding hydrogens is 351 g/mol. The van der Waals surface area contributed by atoms with Gasteiger partial charge in [-0.3, -0.25) is 0 Å². The summed E-state index contributed by atoms with van der Waals surface area (Å²) < 4.78 is 42.9. The van der Waals surface area contributed by atoms with Crippen LogP contribution in [0.4, 0.5) is 18.0 Å². The highest BCUT2D eigenvalue weighted by Gasteiger charge is 2.38. The van der Waals surface area contributed by atoms with Crippen LogP contribution in [0.5, 0.6) is 0 Å². The van der Waals surface area contributed by atoms with Crippen molar-refractivity contribution >= 4 is 12.1 Å². The first-order chi connectivity index (χ1) is 12.1. The van der Waals surface area contributed by atoms with Crippen molar-refractivity contribution in [1.29, 1.82) is 0 Å². The molecule has 0 fully saturated rings. The van der Waals surface area contributed by atoms with Crippen molar-refractivity contribution in [1.82, 2.24) is 5.32 Å². The number of halogens is 3. The molecule has 1 amide bonds. The summed E-state index contributed by atoms with van der Waals surface area (Å²) in [5.41, 5.74) is -2.18. The van der Waals surface area contributed by atoms with Gasteiger partial charge in [-0.15, -0.1) is 0 Å². The summed E-state index contributed by atoms with van der Waals surface area (Å²) in [5, 5.41) is 11.7. The maximum absolute atomic E-state index is 12.6. The lowest BCUT2D eigenvalue weighted by atomic mass is 9.91. The number of hydrogen-bond acceptors (Lipinski definition) is 3. The van der Waals surface area contributed by atoms with Gasteiger partial charge in [-0.05, 0) is 30.2 Å². The van der Waals surface area contributed by atoms with Crippen molar-refractivity contribution in [3.63, 3.8) is 0 Å². The Bertz CT molecular complexity index is 775. The fraction of sp³-hybridized carbons (Fsp3) is 0.222. The van der Waals surface area contributed by atoms with Gasteiger partial charge in [0.05, 0.1) is 5.56 Å².